The van der Waals surface area contributed by atoms with Crippen LogP contribution in [0.3, 0.4) is 0 Å². The summed E-state index contributed by atoms with van der Waals surface area (Å²) in [7, 11) is 0. The Bertz CT molecular complexity index is 572. The average Bonchev–Trinajstić information content (AvgIpc) is 2.62. The van der Waals surface area contributed by atoms with E-state index in [9.17, 15) is 4.79 Å². The number of nitrogen functional groups attached to an aromatic ring is 1. The Morgan fingerprint density at radius 2 is 2.12 bits per heavy atom. The van der Waals surface area contributed by atoms with Gasteiger partial charge in [0.05, 0.1) is 5.69 Å². The molecule has 0 spiro atoms. The van der Waals surface area contributed by atoms with Crippen LogP contribution in [-0.2, 0) is 0 Å². The molecule has 0 radical (unpaired) electrons. The first-order valence-corrected chi connectivity index (χ1v) is 6.65. The Morgan fingerprint density at radius 3 is 2.76 bits per heavy atom. The van der Waals surface area contributed by atoms with E-state index in [-0.39, 0.29) is 5.91 Å². The van der Waals surface area contributed by atoms with Gasteiger partial charge in [0.1, 0.15) is 4.88 Å². The fourth-order valence-corrected chi connectivity index (χ4v) is 3.06. The highest BCUT2D eigenvalue weighted by Gasteiger charge is 2.22. The van der Waals surface area contributed by atoms with Gasteiger partial charge in [-0.1, -0.05) is 18.2 Å². The molecule has 1 fully saturated rings. The minimum absolute atomic E-state index is 0.0200. The molecule has 88 valence electrons. The molecule has 1 aromatic carbocycles. The van der Waals surface area contributed by atoms with Crippen molar-refractivity contribution in [2.75, 3.05) is 5.73 Å². The lowest BCUT2D eigenvalue weighted by Crippen LogP contribution is -2.39. The van der Waals surface area contributed by atoms with Crippen molar-refractivity contribution in [3.63, 3.8) is 0 Å². The topological polar surface area (TPSA) is 55.1 Å². The van der Waals surface area contributed by atoms with E-state index >= 15 is 0 Å². The molecule has 0 bridgehead atoms. The van der Waals surface area contributed by atoms with E-state index in [1.807, 2.05) is 24.3 Å². The van der Waals surface area contributed by atoms with Gasteiger partial charge in [0, 0.05) is 16.1 Å². The molecule has 1 aliphatic carbocycles. The normalized spacial score (nSPS) is 15.8. The average molecular weight is 246 g/mol. The van der Waals surface area contributed by atoms with Gasteiger partial charge in [0.15, 0.2) is 0 Å². The SMILES string of the molecule is Nc1c(C(=O)NC2CCC2)sc2ccccc12. The maximum absolute atomic E-state index is 12.1. The molecule has 4 heteroatoms. The van der Waals surface area contributed by atoms with Crippen LogP contribution in [0.2, 0.25) is 0 Å². The molecular weight excluding hydrogens is 232 g/mol. The van der Waals surface area contributed by atoms with Crippen molar-refractivity contribution in [3.8, 4) is 0 Å². The number of anilines is 1. The Hall–Kier alpha value is -1.55. The Morgan fingerprint density at radius 1 is 1.35 bits per heavy atom. The summed E-state index contributed by atoms with van der Waals surface area (Å²) in [4.78, 5) is 12.7. The van der Waals surface area contributed by atoms with E-state index in [4.69, 9.17) is 5.73 Å². The zero-order chi connectivity index (χ0) is 11.8. The van der Waals surface area contributed by atoms with Gasteiger partial charge in [-0.3, -0.25) is 4.79 Å². The molecule has 0 aliphatic heterocycles. The van der Waals surface area contributed by atoms with Crippen LogP contribution in [0.15, 0.2) is 24.3 Å². The van der Waals surface area contributed by atoms with Gasteiger partial charge >= 0.3 is 0 Å². The molecule has 1 aromatic heterocycles. The van der Waals surface area contributed by atoms with Gasteiger partial charge in [-0.2, -0.15) is 0 Å². The molecule has 1 heterocycles. The van der Waals surface area contributed by atoms with Crippen LogP contribution >= 0.6 is 11.3 Å². The summed E-state index contributed by atoms with van der Waals surface area (Å²) in [5.74, 6) is -0.0200. The number of hydrogen-bond acceptors (Lipinski definition) is 3. The van der Waals surface area contributed by atoms with Crippen LogP contribution in [0.1, 0.15) is 28.9 Å². The van der Waals surface area contributed by atoms with Crippen LogP contribution in [0.25, 0.3) is 10.1 Å². The molecule has 3 N–H and O–H groups in total. The summed E-state index contributed by atoms with van der Waals surface area (Å²) in [6, 6.07) is 8.22. The largest absolute Gasteiger partial charge is 0.397 e. The van der Waals surface area contributed by atoms with Gasteiger partial charge in [-0.15, -0.1) is 11.3 Å². The second-order valence-electron chi connectivity index (χ2n) is 4.44. The number of hydrogen-bond donors (Lipinski definition) is 2. The maximum Gasteiger partial charge on any atom is 0.263 e. The van der Waals surface area contributed by atoms with Gasteiger partial charge in [-0.25, -0.2) is 0 Å². The van der Waals surface area contributed by atoms with Crippen molar-refractivity contribution in [2.24, 2.45) is 0 Å². The Kier molecular flexibility index (Phi) is 2.52. The first-order chi connectivity index (χ1) is 8.25. The van der Waals surface area contributed by atoms with E-state index in [1.165, 1.54) is 17.8 Å². The van der Waals surface area contributed by atoms with Crippen molar-refractivity contribution in [1.29, 1.82) is 0 Å². The van der Waals surface area contributed by atoms with E-state index in [0.29, 0.717) is 16.6 Å². The number of carbonyl (C=O) groups excluding carboxylic acids is 1. The number of benzene rings is 1. The number of amides is 1. The van der Waals surface area contributed by atoms with Crippen molar-refractivity contribution in [1.82, 2.24) is 5.32 Å². The maximum atomic E-state index is 12.1. The fraction of sp³-hybridized carbons (Fsp3) is 0.308. The molecule has 0 saturated heterocycles. The first kappa shape index (κ1) is 10.6. The van der Waals surface area contributed by atoms with Gasteiger partial charge in [0.25, 0.3) is 5.91 Å². The zero-order valence-corrected chi connectivity index (χ0v) is 10.2. The predicted molar refractivity (Wildman–Crippen MR) is 71.3 cm³/mol. The molecular formula is C13H14N2OS. The Balaban J connectivity index is 1.93. The van der Waals surface area contributed by atoms with E-state index in [0.717, 1.165) is 22.9 Å². The molecule has 0 atom stereocenters. The van der Waals surface area contributed by atoms with Gasteiger partial charge < -0.3 is 11.1 Å². The highest BCUT2D eigenvalue weighted by Crippen LogP contribution is 2.33. The second kappa shape index (κ2) is 4.04. The molecule has 1 saturated carbocycles. The predicted octanol–water partition coefficient (Wildman–Crippen LogP) is 2.77. The molecule has 3 rings (SSSR count). The van der Waals surface area contributed by atoms with E-state index in [2.05, 4.69) is 5.32 Å². The lowest BCUT2D eigenvalue weighted by atomic mass is 9.93. The number of carbonyl (C=O) groups is 1. The molecule has 17 heavy (non-hydrogen) atoms. The molecule has 1 amide bonds. The zero-order valence-electron chi connectivity index (χ0n) is 9.40. The second-order valence-corrected chi connectivity index (χ2v) is 5.49. The number of thiophene rings is 1. The quantitative estimate of drug-likeness (QED) is 0.856. The Labute approximate surface area is 104 Å². The smallest absolute Gasteiger partial charge is 0.263 e. The van der Waals surface area contributed by atoms with Gasteiger partial charge in [-0.05, 0) is 25.3 Å². The molecule has 0 unspecified atom stereocenters. The summed E-state index contributed by atoms with van der Waals surface area (Å²) in [6.45, 7) is 0. The third-order valence-electron chi connectivity index (χ3n) is 3.28. The van der Waals surface area contributed by atoms with Crippen molar-refractivity contribution in [3.05, 3.63) is 29.1 Å². The van der Waals surface area contributed by atoms with Gasteiger partial charge in [0.2, 0.25) is 0 Å². The highest BCUT2D eigenvalue weighted by molar-refractivity contribution is 7.21. The van der Waals surface area contributed by atoms with Crippen molar-refractivity contribution >= 4 is 33.0 Å². The van der Waals surface area contributed by atoms with Crippen LogP contribution in [-0.4, -0.2) is 11.9 Å². The molecule has 2 aromatic rings. The number of fused-ring (bicyclic) bond motifs is 1. The van der Waals surface area contributed by atoms with Crippen LogP contribution in [0, 0.1) is 0 Å². The standard InChI is InChI=1S/C13H14N2OS/c14-11-9-6-1-2-7-10(9)17-12(11)13(16)15-8-4-3-5-8/h1-2,6-8H,3-5,14H2,(H,15,16). The summed E-state index contributed by atoms with van der Waals surface area (Å²) in [5, 5.41) is 4.01. The van der Waals surface area contributed by atoms with E-state index < -0.39 is 0 Å². The molecule has 1 aliphatic rings. The third kappa shape index (κ3) is 1.78. The number of nitrogens with two attached hydrogens (primary N) is 1. The molecule has 3 nitrogen and oxygen atoms in total. The fourth-order valence-electron chi connectivity index (χ4n) is 2.04. The van der Waals surface area contributed by atoms with Crippen LogP contribution in [0.5, 0.6) is 0 Å². The minimum Gasteiger partial charge on any atom is -0.397 e. The third-order valence-corrected chi connectivity index (χ3v) is 4.47. The number of rotatable bonds is 2. The summed E-state index contributed by atoms with van der Waals surface area (Å²) in [5.41, 5.74) is 6.64. The minimum atomic E-state index is -0.0200. The summed E-state index contributed by atoms with van der Waals surface area (Å²) in [6.07, 6.45) is 3.40. The summed E-state index contributed by atoms with van der Waals surface area (Å²) < 4.78 is 1.07. The van der Waals surface area contributed by atoms with Crippen LogP contribution in [0.4, 0.5) is 5.69 Å². The highest BCUT2D eigenvalue weighted by atomic mass is 32.1. The van der Waals surface area contributed by atoms with Crippen LogP contribution < -0.4 is 11.1 Å². The first-order valence-electron chi connectivity index (χ1n) is 5.83. The lowest BCUT2D eigenvalue weighted by molar-refractivity contribution is 0.0922. The van der Waals surface area contributed by atoms with E-state index in [1.54, 1.807) is 0 Å². The lowest BCUT2D eigenvalue weighted by Gasteiger charge is -2.26. The monoisotopic (exact) mass is 246 g/mol. The number of nitrogens with one attached hydrogen (secondary N) is 1. The van der Waals surface area contributed by atoms with Crippen molar-refractivity contribution in [2.45, 2.75) is 25.3 Å². The summed E-state index contributed by atoms with van der Waals surface area (Å²) >= 11 is 1.47. The van der Waals surface area contributed by atoms with Crippen molar-refractivity contribution < 1.29 is 4.79 Å².